The summed E-state index contributed by atoms with van der Waals surface area (Å²) < 4.78 is 5.55. The number of carbonyl (C=O) groups is 3. The fourth-order valence-corrected chi connectivity index (χ4v) is 4.26. The molecule has 2 fully saturated rings. The topological polar surface area (TPSA) is 84.5 Å². The maximum atomic E-state index is 12.9. The van der Waals surface area contributed by atoms with Gasteiger partial charge in [0.25, 0.3) is 5.91 Å². The molecule has 29 heavy (non-hydrogen) atoms. The number of esters is 1. The van der Waals surface area contributed by atoms with Crippen LogP contribution in [0.15, 0.2) is 48.5 Å². The van der Waals surface area contributed by atoms with E-state index in [1.165, 1.54) is 0 Å². The third-order valence-electron chi connectivity index (χ3n) is 5.79. The molecule has 1 saturated heterocycles. The van der Waals surface area contributed by atoms with Gasteiger partial charge in [0.1, 0.15) is 5.60 Å². The van der Waals surface area contributed by atoms with E-state index in [9.17, 15) is 14.4 Å². The van der Waals surface area contributed by atoms with Gasteiger partial charge in [-0.3, -0.25) is 14.4 Å². The number of hydrogen-bond acceptors (Lipinski definition) is 4. The van der Waals surface area contributed by atoms with Crippen LogP contribution in [-0.2, 0) is 14.3 Å². The minimum absolute atomic E-state index is 0.111. The van der Waals surface area contributed by atoms with Crippen LogP contribution in [0.25, 0.3) is 0 Å². The predicted molar refractivity (Wildman–Crippen MR) is 110 cm³/mol. The molecule has 1 aliphatic carbocycles. The lowest BCUT2D eigenvalue weighted by atomic mass is 9.85. The standard InChI is InChI=1S/C23H24N2O4/c1-15-7-9-17(10-8-15)24-21(27)16-5-4-6-18(13-16)25-22(28)19-14-20(26)29-23(19)11-2-3-12-23/h4-10,13,19H,2-3,11-12,14H2,1H3,(H,24,27)(H,25,28). The molecule has 2 N–H and O–H groups in total. The van der Waals surface area contributed by atoms with E-state index in [4.69, 9.17) is 4.74 Å². The van der Waals surface area contributed by atoms with Gasteiger partial charge >= 0.3 is 5.97 Å². The largest absolute Gasteiger partial charge is 0.458 e. The summed E-state index contributed by atoms with van der Waals surface area (Å²) >= 11 is 0. The number of ether oxygens (including phenoxy) is 1. The lowest BCUT2D eigenvalue weighted by molar-refractivity contribution is -0.149. The van der Waals surface area contributed by atoms with Crippen molar-refractivity contribution in [2.24, 2.45) is 5.92 Å². The van der Waals surface area contributed by atoms with Gasteiger partial charge in [-0.1, -0.05) is 23.8 Å². The number of hydrogen-bond donors (Lipinski definition) is 2. The molecule has 6 heteroatoms. The van der Waals surface area contributed by atoms with Gasteiger partial charge in [-0.15, -0.1) is 0 Å². The van der Waals surface area contributed by atoms with Gasteiger partial charge in [-0.05, 0) is 62.9 Å². The summed E-state index contributed by atoms with van der Waals surface area (Å²) in [6, 6.07) is 14.3. The molecular weight excluding hydrogens is 368 g/mol. The zero-order valence-corrected chi connectivity index (χ0v) is 16.4. The first-order valence-corrected chi connectivity index (χ1v) is 9.96. The van der Waals surface area contributed by atoms with Crippen LogP contribution in [0, 0.1) is 12.8 Å². The number of anilines is 2. The summed E-state index contributed by atoms with van der Waals surface area (Å²) in [5, 5.41) is 5.72. The second-order valence-electron chi connectivity index (χ2n) is 7.89. The average molecular weight is 392 g/mol. The summed E-state index contributed by atoms with van der Waals surface area (Å²) in [6.45, 7) is 1.98. The highest BCUT2D eigenvalue weighted by Gasteiger charge is 2.53. The van der Waals surface area contributed by atoms with E-state index < -0.39 is 11.5 Å². The molecule has 1 unspecified atom stereocenters. The number of nitrogens with one attached hydrogen (secondary N) is 2. The molecule has 0 radical (unpaired) electrons. The summed E-state index contributed by atoms with van der Waals surface area (Å²) in [5.41, 5.74) is 2.14. The summed E-state index contributed by atoms with van der Waals surface area (Å²) in [6.07, 6.45) is 3.50. The van der Waals surface area contributed by atoms with Crippen LogP contribution in [-0.4, -0.2) is 23.4 Å². The normalized spacial score (nSPS) is 19.8. The van der Waals surface area contributed by atoms with Crippen molar-refractivity contribution in [2.45, 2.75) is 44.6 Å². The Morgan fingerprint density at radius 2 is 1.72 bits per heavy atom. The van der Waals surface area contributed by atoms with Crippen LogP contribution < -0.4 is 10.6 Å². The maximum absolute atomic E-state index is 12.9. The van der Waals surface area contributed by atoms with E-state index in [-0.39, 0.29) is 24.2 Å². The Morgan fingerprint density at radius 3 is 2.45 bits per heavy atom. The fraction of sp³-hybridized carbons (Fsp3) is 0.348. The number of rotatable bonds is 4. The molecule has 1 spiro atoms. The van der Waals surface area contributed by atoms with E-state index >= 15 is 0 Å². The predicted octanol–water partition coefficient (Wildman–Crippen LogP) is 4.06. The van der Waals surface area contributed by atoms with E-state index in [2.05, 4.69) is 10.6 Å². The minimum Gasteiger partial charge on any atom is -0.458 e. The van der Waals surface area contributed by atoms with Crippen LogP contribution in [0.3, 0.4) is 0 Å². The van der Waals surface area contributed by atoms with E-state index in [1.807, 2.05) is 31.2 Å². The molecule has 0 aromatic heterocycles. The molecular formula is C23H24N2O4. The second kappa shape index (κ2) is 7.70. The molecule has 2 amide bonds. The van der Waals surface area contributed by atoms with Crippen LogP contribution in [0.5, 0.6) is 0 Å². The van der Waals surface area contributed by atoms with Gasteiger partial charge < -0.3 is 15.4 Å². The molecule has 2 aromatic carbocycles. The van der Waals surface area contributed by atoms with Crippen molar-refractivity contribution in [1.82, 2.24) is 0 Å². The van der Waals surface area contributed by atoms with Crippen LogP contribution in [0.4, 0.5) is 11.4 Å². The van der Waals surface area contributed by atoms with Gasteiger partial charge in [-0.2, -0.15) is 0 Å². The third-order valence-corrected chi connectivity index (χ3v) is 5.79. The highest BCUT2D eigenvalue weighted by atomic mass is 16.6. The van der Waals surface area contributed by atoms with Gasteiger partial charge in [0.15, 0.2) is 0 Å². The first-order chi connectivity index (χ1) is 13.9. The van der Waals surface area contributed by atoms with Gasteiger partial charge in [0.2, 0.25) is 5.91 Å². The molecule has 2 aromatic rings. The van der Waals surface area contributed by atoms with Crippen molar-refractivity contribution in [3.63, 3.8) is 0 Å². The SMILES string of the molecule is Cc1ccc(NC(=O)c2cccc(NC(=O)C3CC(=O)OC34CCCC4)c2)cc1. The molecule has 2 aliphatic rings. The molecule has 150 valence electrons. The van der Waals surface area contributed by atoms with Crippen molar-refractivity contribution < 1.29 is 19.1 Å². The molecule has 4 rings (SSSR count). The monoisotopic (exact) mass is 392 g/mol. The molecule has 1 heterocycles. The van der Waals surface area contributed by atoms with Gasteiger partial charge in [0, 0.05) is 16.9 Å². The van der Waals surface area contributed by atoms with Gasteiger partial charge in [-0.25, -0.2) is 0 Å². The fourth-order valence-electron chi connectivity index (χ4n) is 4.26. The Labute approximate surface area is 169 Å². The van der Waals surface area contributed by atoms with Crippen LogP contribution >= 0.6 is 0 Å². The Hall–Kier alpha value is -3.15. The highest BCUT2D eigenvalue weighted by Crippen LogP contribution is 2.45. The van der Waals surface area contributed by atoms with Gasteiger partial charge in [0.05, 0.1) is 12.3 Å². The summed E-state index contributed by atoms with van der Waals surface area (Å²) in [4.78, 5) is 37.3. The molecule has 1 aliphatic heterocycles. The van der Waals surface area contributed by atoms with Crippen LogP contribution in [0.1, 0.15) is 48.0 Å². The van der Waals surface area contributed by atoms with E-state index in [0.29, 0.717) is 16.9 Å². The minimum atomic E-state index is -0.651. The molecule has 0 bridgehead atoms. The first-order valence-electron chi connectivity index (χ1n) is 9.96. The molecule has 1 atom stereocenters. The third kappa shape index (κ3) is 4.01. The maximum Gasteiger partial charge on any atom is 0.307 e. The summed E-state index contributed by atoms with van der Waals surface area (Å²) in [5.74, 6) is -1.27. The van der Waals surface area contributed by atoms with Crippen molar-refractivity contribution in [2.75, 3.05) is 10.6 Å². The Morgan fingerprint density at radius 1 is 1.00 bits per heavy atom. The number of amides is 2. The van der Waals surface area contributed by atoms with Crippen molar-refractivity contribution >= 4 is 29.2 Å². The number of benzene rings is 2. The van der Waals surface area contributed by atoms with Crippen molar-refractivity contribution in [3.8, 4) is 0 Å². The molecule has 6 nitrogen and oxygen atoms in total. The van der Waals surface area contributed by atoms with E-state index in [0.717, 1.165) is 31.2 Å². The Kier molecular flexibility index (Phi) is 5.09. The quantitative estimate of drug-likeness (QED) is 0.769. The average Bonchev–Trinajstić information content (AvgIpc) is 3.30. The van der Waals surface area contributed by atoms with Crippen molar-refractivity contribution in [3.05, 3.63) is 59.7 Å². The second-order valence-corrected chi connectivity index (χ2v) is 7.89. The Bertz CT molecular complexity index is 946. The number of carbonyl (C=O) groups excluding carboxylic acids is 3. The zero-order chi connectivity index (χ0) is 20.4. The van der Waals surface area contributed by atoms with Crippen molar-refractivity contribution in [1.29, 1.82) is 0 Å². The first kappa shape index (κ1) is 19.2. The zero-order valence-electron chi connectivity index (χ0n) is 16.4. The number of aryl methyl sites for hydroxylation is 1. The lowest BCUT2D eigenvalue weighted by Gasteiger charge is -2.27. The summed E-state index contributed by atoms with van der Waals surface area (Å²) in [7, 11) is 0. The van der Waals surface area contributed by atoms with E-state index in [1.54, 1.807) is 24.3 Å². The lowest BCUT2D eigenvalue weighted by Crippen LogP contribution is -2.39. The van der Waals surface area contributed by atoms with Crippen LogP contribution in [0.2, 0.25) is 0 Å². The molecule has 1 saturated carbocycles. The smallest absolute Gasteiger partial charge is 0.307 e. The Balaban J connectivity index is 1.46. The highest BCUT2D eigenvalue weighted by molar-refractivity contribution is 6.05.